The fraction of sp³-hybridized carbons (Fsp3) is 0.385. The van der Waals surface area contributed by atoms with Crippen LogP contribution in [0.15, 0.2) is 17.6 Å². The molecule has 1 heterocycles. The minimum absolute atomic E-state index is 0.0542. The van der Waals surface area contributed by atoms with E-state index in [4.69, 9.17) is 0 Å². The van der Waals surface area contributed by atoms with Gasteiger partial charge in [0.05, 0.1) is 20.5 Å². The zero-order valence-electron chi connectivity index (χ0n) is 12.0. The van der Waals surface area contributed by atoms with Gasteiger partial charge in [-0.1, -0.05) is 0 Å². The first-order chi connectivity index (χ1) is 9.86. The molecule has 0 saturated carbocycles. The van der Waals surface area contributed by atoms with E-state index in [0.717, 1.165) is 4.70 Å². The van der Waals surface area contributed by atoms with Gasteiger partial charge in [-0.25, -0.2) is 4.98 Å². The number of aromatic nitrogens is 1. The van der Waals surface area contributed by atoms with E-state index in [0.29, 0.717) is 11.2 Å². The largest absolute Gasteiger partial charge is 0.378 e. The molecule has 0 spiro atoms. The fourth-order valence-corrected chi connectivity index (χ4v) is 2.66. The van der Waals surface area contributed by atoms with Crippen molar-refractivity contribution in [2.75, 3.05) is 18.9 Å². The molecule has 112 valence electrons. The molecule has 0 bridgehead atoms. The number of anilines is 1. The SMILES string of the molecule is CNC(=O)C(C)(C)CNc1ccc2scnc2c1[N+](=O)[O-]. The third kappa shape index (κ3) is 2.94. The molecule has 21 heavy (non-hydrogen) atoms. The normalized spacial score (nSPS) is 11.4. The van der Waals surface area contributed by atoms with Crippen molar-refractivity contribution in [1.29, 1.82) is 0 Å². The van der Waals surface area contributed by atoms with E-state index in [2.05, 4.69) is 15.6 Å². The average Bonchev–Trinajstić information content (AvgIpc) is 2.91. The number of carbonyl (C=O) groups excluding carboxylic acids is 1. The summed E-state index contributed by atoms with van der Waals surface area (Å²) in [4.78, 5) is 26.7. The molecule has 1 aromatic carbocycles. The Kier molecular flexibility index (Phi) is 4.08. The maximum Gasteiger partial charge on any atom is 0.319 e. The molecule has 2 aromatic rings. The molecular formula is C13H16N4O3S. The Morgan fingerprint density at radius 2 is 2.19 bits per heavy atom. The Morgan fingerprint density at radius 1 is 1.48 bits per heavy atom. The van der Waals surface area contributed by atoms with Gasteiger partial charge in [-0.2, -0.15) is 0 Å². The zero-order chi connectivity index (χ0) is 15.6. The van der Waals surface area contributed by atoms with Crippen LogP contribution in [0.1, 0.15) is 13.8 Å². The van der Waals surface area contributed by atoms with E-state index < -0.39 is 10.3 Å². The number of nitrogens with one attached hydrogen (secondary N) is 2. The Bertz CT molecular complexity index is 696. The molecule has 0 radical (unpaired) electrons. The molecule has 7 nitrogen and oxygen atoms in total. The minimum atomic E-state index is -0.681. The first kappa shape index (κ1) is 15.2. The van der Waals surface area contributed by atoms with E-state index in [1.807, 2.05) is 0 Å². The Morgan fingerprint density at radius 3 is 2.81 bits per heavy atom. The van der Waals surface area contributed by atoms with Gasteiger partial charge in [0.1, 0.15) is 5.69 Å². The Balaban J connectivity index is 2.32. The Hall–Kier alpha value is -2.22. The standard InChI is InChI=1S/C13H16N4O3S/c1-13(2,12(18)14-3)6-15-8-4-5-9-10(16-7-21-9)11(8)17(19)20/h4-5,7,15H,6H2,1-3H3,(H,14,18). The lowest BCUT2D eigenvalue weighted by Gasteiger charge is -2.23. The molecule has 0 aliphatic heterocycles. The second-order valence-corrected chi connectivity index (χ2v) is 6.12. The molecule has 8 heteroatoms. The summed E-state index contributed by atoms with van der Waals surface area (Å²) < 4.78 is 0.762. The van der Waals surface area contributed by atoms with Crippen molar-refractivity contribution in [3.63, 3.8) is 0 Å². The molecule has 1 aromatic heterocycles. The second-order valence-electron chi connectivity index (χ2n) is 5.23. The molecule has 0 fully saturated rings. The summed E-state index contributed by atoms with van der Waals surface area (Å²) in [5.74, 6) is -0.132. The first-order valence-electron chi connectivity index (χ1n) is 6.33. The summed E-state index contributed by atoms with van der Waals surface area (Å²) in [5.41, 5.74) is 1.58. The van der Waals surface area contributed by atoms with Gasteiger partial charge in [-0.3, -0.25) is 14.9 Å². The maximum atomic E-state index is 11.7. The van der Waals surface area contributed by atoms with Crippen LogP contribution >= 0.6 is 11.3 Å². The van der Waals surface area contributed by atoms with Crippen molar-refractivity contribution in [2.45, 2.75) is 13.8 Å². The lowest BCUT2D eigenvalue weighted by molar-refractivity contribution is -0.382. The number of carbonyl (C=O) groups is 1. The van der Waals surface area contributed by atoms with Crippen molar-refractivity contribution >= 4 is 38.8 Å². The molecular weight excluding hydrogens is 292 g/mol. The van der Waals surface area contributed by atoms with Gasteiger partial charge < -0.3 is 10.6 Å². The van der Waals surface area contributed by atoms with Crippen molar-refractivity contribution < 1.29 is 9.72 Å². The number of fused-ring (bicyclic) bond motifs is 1. The number of amides is 1. The van der Waals surface area contributed by atoms with E-state index in [1.165, 1.54) is 11.3 Å². The highest BCUT2D eigenvalue weighted by Gasteiger charge is 2.28. The van der Waals surface area contributed by atoms with Crippen molar-refractivity contribution in [3.8, 4) is 0 Å². The predicted molar refractivity (Wildman–Crippen MR) is 82.6 cm³/mol. The van der Waals surface area contributed by atoms with Gasteiger partial charge in [0, 0.05) is 13.6 Å². The minimum Gasteiger partial charge on any atom is -0.378 e. The molecule has 1 amide bonds. The second kappa shape index (κ2) is 5.65. The first-order valence-corrected chi connectivity index (χ1v) is 7.21. The summed E-state index contributed by atoms with van der Waals surface area (Å²) in [7, 11) is 1.56. The topological polar surface area (TPSA) is 97.2 Å². The zero-order valence-corrected chi connectivity index (χ0v) is 12.8. The van der Waals surface area contributed by atoms with Crippen molar-refractivity contribution in [3.05, 3.63) is 27.8 Å². The van der Waals surface area contributed by atoms with E-state index >= 15 is 0 Å². The lowest BCUT2D eigenvalue weighted by atomic mass is 9.92. The van der Waals surface area contributed by atoms with Crippen LogP contribution in [-0.4, -0.2) is 29.4 Å². The van der Waals surface area contributed by atoms with E-state index in [1.54, 1.807) is 38.5 Å². The van der Waals surface area contributed by atoms with Crippen LogP contribution in [0, 0.1) is 15.5 Å². The van der Waals surface area contributed by atoms with Gasteiger partial charge >= 0.3 is 5.69 Å². The molecule has 0 aliphatic rings. The highest BCUT2D eigenvalue weighted by Crippen LogP contribution is 2.34. The van der Waals surface area contributed by atoms with Gasteiger partial charge in [-0.15, -0.1) is 11.3 Å². The molecule has 2 rings (SSSR count). The fourth-order valence-electron chi connectivity index (χ4n) is 1.98. The van der Waals surface area contributed by atoms with Crippen LogP contribution in [0.5, 0.6) is 0 Å². The predicted octanol–water partition coefficient (Wildman–Crippen LogP) is 2.39. The van der Waals surface area contributed by atoms with Gasteiger partial charge in [0.15, 0.2) is 5.52 Å². The van der Waals surface area contributed by atoms with Gasteiger partial charge in [0.2, 0.25) is 5.91 Å². The van der Waals surface area contributed by atoms with Crippen LogP contribution in [-0.2, 0) is 4.79 Å². The van der Waals surface area contributed by atoms with Crippen LogP contribution in [0.3, 0.4) is 0 Å². The third-order valence-electron chi connectivity index (χ3n) is 3.22. The van der Waals surface area contributed by atoms with Crippen LogP contribution < -0.4 is 10.6 Å². The molecule has 0 atom stereocenters. The van der Waals surface area contributed by atoms with Crippen LogP contribution in [0.25, 0.3) is 10.2 Å². The number of benzene rings is 1. The summed E-state index contributed by atoms with van der Waals surface area (Å²) in [6.07, 6.45) is 0. The number of nitro benzene ring substituents is 1. The highest BCUT2D eigenvalue weighted by atomic mass is 32.1. The summed E-state index contributed by atoms with van der Waals surface area (Å²) >= 11 is 1.35. The number of hydrogen-bond acceptors (Lipinski definition) is 6. The number of nitrogens with zero attached hydrogens (tertiary/aromatic N) is 2. The van der Waals surface area contributed by atoms with E-state index in [-0.39, 0.29) is 18.1 Å². The average molecular weight is 308 g/mol. The van der Waals surface area contributed by atoms with Crippen LogP contribution in [0.2, 0.25) is 0 Å². The lowest BCUT2D eigenvalue weighted by Crippen LogP contribution is -2.39. The van der Waals surface area contributed by atoms with Crippen molar-refractivity contribution in [1.82, 2.24) is 10.3 Å². The van der Waals surface area contributed by atoms with E-state index in [9.17, 15) is 14.9 Å². The quantitative estimate of drug-likeness (QED) is 0.653. The number of nitro groups is 1. The number of thiazole rings is 1. The maximum absolute atomic E-state index is 11.7. The number of rotatable bonds is 5. The molecule has 0 aliphatic carbocycles. The highest BCUT2D eigenvalue weighted by molar-refractivity contribution is 7.16. The van der Waals surface area contributed by atoms with Crippen molar-refractivity contribution in [2.24, 2.45) is 5.41 Å². The summed E-state index contributed by atoms with van der Waals surface area (Å²) in [6, 6.07) is 3.44. The molecule has 2 N–H and O–H groups in total. The number of hydrogen-bond donors (Lipinski definition) is 2. The van der Waals surface area contributed by atoms with Gasteiger partial charge in [-0.05, 0) is 26.0 Å². The molecule has 0 saturated heterocycles. The summed E-state index contributed by atoms with van der Waals surface area (Å²) in [5, 5.41) is 16.9. The Labute approximate surface area is 125 Å². The van der Waals surface area contributed by atoms with Gasteiger partial charge in [0.25, 0.3) is 0 Å². The third-order valence-corrected chi connectivity index (χ3v) is 4.01. The smallest absolute Gasteiger partial charge is 0.319 e. The summed E-state index contributed by atoms with van der Waals surface area (Å²) in [6.45, 7) is 3.82. The monoisotopic (exact) mass is 308 g/mol. The van der Waals surface area contributed by atoms with Crippen LogP contribution in [0.4, 0.5) is 11.4 Å². The molecule has 0 unspecified atom stereocenters.